The number of hydrogen-bond acceptors (Lipinski definition) is 4. The monoisotopic (exact) mass is 272 g/mol. The topological polar surface area (TPSA) is 62.8 Å². The standard InChI is InChI=1S/C15H20N4O/c1-10(15-16-9-17-19-15)18-12-7-11(8-12)13-5-3-4-6-14(13)20-2/h3-6,9-12,18H,7-8H2,1-2H3,(H,16,17,19). The van der Waals surface area contributed by atoms with Gasteiger partial charge >= 0.3 is 0 Å². The van der Waals surface area contributed by atoms with Crippen LogP contribution >= 0.6 is 0 Å². The summed E-state index contributed by atoms with van der Waals surface area (Å²) in [5, 5.41) is 10.4. The van der Waals surface area contributed by atoms with Gasteiger partial charge in [0, 0.05) is 6.04 Å². The lowest BCUT2D eigenvalue weighted by molar-refractivity contribution is 0.262. The average Bonchev–Trinajstić information content (AvgIpc) is 2.96. The lowest BCUT2D eigenvalue weighted by Crippen LogP contribution is -2.41. The van der Waals surface area contributed by atoms with Gasteiger partial charge in [-0.3, -0.25) is 5.10 Å². The lowest BCUT2D eigenvalue weighted by atomic mass is 9.75. The van der Waals surface area contributed by atoms with E-state index < -0.39 is 0 Å². The second-order valence-corrected chi connectivity index (χ2v) is 5.37. The van der Waals surface area contributed by atoms with Gasteiger partial charge in [0.25, 0.3) is 0 Å². The minimum absolute atomic E-state index is 0.209. The Morgan fingerprint density at radius 1 is 1.35 bits per heavy atom. The number of rotatable bonds is 5. The fourth-order valence-corrected chi connectivity index (χ4v) is 2.87. The summed E-state index contributed by atoms with van der Waals surface area (Å²) in [5.41, 5.74) is 1.32. The molecular formula is C15H20N4O. The Bertz CT molecular complexity index is 549. The molecule has 0 radical (unpaired) electrons. The van der Waals surface area contributed by atoms with Crippen LogP contribution in [0, 0.1) is 0 Å². The van der Waals surface area contributed by atoms with Gasteiger partial charge in [-0.05, 0) is 37.3 Å². The second-order valence-electron chi connectivity index (χ2n) is 5.37. The van der Waals surface area contributed by atoms with E-state index in [0.29, 0.717) is 12.0 Å². The van der Waals surface area contributed by atoms with Crippen molar-refractivity contribution in [3.05, 3.63) is 42.0 Å². The molecule has 1 heterocycles. The van der Waals surface area contributed by atoms with Gasteiger partial charge in [-0.25, -0.2) is 4.98 Å². The van der Waals surface area contributed by atoms with E-state index in [4.69, 9.17) is 4.74 Å². The lowest BCUT2D eigenvalue weighted by Gasteiger charge is -2.38. The van der Waals surface area contributed by atoms with Crippen LogP contribution in [0.15, 0.2) is 30.6 Å². The van der Waals surface area contributed by atoms with Crippen molar-refractivity contribution >= 4 is 0 Å². The highest BCUT2D eigenvalue weighted by Gasteiger charge is 2.33. The largest absolute Gasteiger partial charge is 0.496 e. The van der Waals surface area contributed by atoms with E-state index in [9.17, 15) is 0 Å². The van der Waals surface area contributed by atoms with Gasteiger partial charge in [0.15, 0.2) is 0 Å². The Balaban J connectivity index is 1.56. The van der Waals surface area contributed by atoms with E-state index in [1.165, 1.54) is 5.56 Å². The quantitative estimate of drug-likeness (QED) is 0.877. The van der Waals surface area contributed by atoms with Crippen LogP contribution in [-0.4, -0.2) is 28.3 Å². The number of hydrogen-bond donors (Lipinski definition) is 2. The number of aromatic nitrogens is 3. The van der Waals surface area contributed by atoms with Gasteiger partial charge in [-0.2, -0.15) is 5.10 Å². The molecule has 1 unspecified atom stereocenters. The van der Waals surface area contributed by atoms with Crippen molar-refractivity contribution in [2.24, 2.45) is 0 Å². The van der Waals surface area contributed by atoms with Crippen molar-refractivity contribution in [2.45, 2.75) is 37.8 Å². The molecule has 1 aliphatic carbocycles. The SMILES string of the molecule is COc1ccccc1C1CC(NC(C)c2ncn[nH]2)C1. The van der Waals surface area contributed by atoms with Crippen molar-refractivity contribution in [1.82, 2.24) is 20.5 Å². The van der Waals surface area contributed by atoms with Gasteiger partial charge in [0.1, 0.15) is 17.9 Å². The van der Waals surface area contributed by atoms with Gasteiger partial charge in [-0.1, -0.05) is 18.2 Å². The van der Waals surface area contributed by atoms with E-state index in [1.807, 2.05) is 12.1 Å². The van der Waals surface area contributed by atoms with Crippen LogP contribution in [0.25, 0.3) is 0 Å². The van der Waals surface area contributed by atoms with Gasteiger partial charge in [0.2, 0.25) is 0 Å². The van der Waals surface area contributed by atoms with E-state index in [2.05, 4.69) is 39.6 Å². The summed E-state index contributed by atoms with van der Waals surface area (Å²) in [6, 6.07) is 9.04. The first-order valence-corrected chi connectivity index (χ1v) is 7.02. The van der Waals surface area contributed by atoms with Crippen LogP contribution in [-0.2, 0) is 0 Å². The molecule has 20 heavy (non-hydrogen) atoms. The minimum Gasteiger partial charge on any atom is -0.496 e. The predicted molar refractivity (Wildman–Crippen MR) is 76.7 cm³/mol. The molecule has 3 rings (SSSR count). The molecular weight excluding hydrogens is 252 g/mol. The maximum atomic E-state index is 5.43. The minimum atomic E-state index is 0.209. The first-order chi connectivity index (χ1) is 9.78. The summed E-state index contributed by atoms with van der Waals surface area (Å²) in [6.45, 7) is 2.11. The molecule has 1 fully saturated rings. The first kappa shape index (κ1) is 13.1. The zero-order valence-electron chi connectivity index (χ0n) is 11.8. The van der Waals surface area contributed by atoms with Crippen LogP contribution < -0.4 is 10.1 Å². The number of methoxy groups -OCH3 is 1. The molecule has 0 spiro atoms. The summed E-state index contributed by atoms with van der Waals surface area (Å²) < 4.78 is 5.43. The van der Waals surface area contributed by atoms with Crippen LogP contribution in [0.5, 0.6) is 5.75 Å². The summed E-state index contributed by atoms with van der Waals surface area (Å²) in [5.74, 6) is 2.48. The van der Waals surface area contributed by atoms with E-state index in [-0.39, 0.29) is 6.04 Å². The van der Waals surface area contributed by atoms with Crippen LogP contribution in [0.3, 0.4) is 0 Å². The Labute approximate surface area is 118 Å². The van der Waals surface area contributed by atoms with Crippen molar-refractivity contribution in [3.8, 4) is 5.75 Å². The second kappa shape index (κ2) is 5.63. The van der Waals surface area contributed by atoms with Crippen molar-refractivity contribution < 1.29 is 4.74 Å². The molecule has 0 saturated heterocycles. The fourth-order valence-electron chi connectivity index (χ4n) is 2.87. The molecule has 1 aliphatic rings. The number of H-pyrrole nitrogens is 1. The maximum absolute atomic E-state index is 5.43. The van der Waals surface area contributed by atoms with Crippen molar-refractivity contribution in [1.29, 1.82) is 0 Å². The molecule has 1 aromatic heterocycles. The molecule has 1 atom stereocenters. The van der Waals surface area contributed by atoms with Gasteiger partial charge in [-0.15, -0.1) is 0 Å². The van der Waals surface area contributed by atoms with Crippen molar-refractivity contribution in [2.75, 3.05) is 7.11 Å². The van der Waals surface area contributed by atoms with Crippen LogP contribution in [0.4, 0.5) is 0 Å². The average molecular weight is 272 g/mol. The smallest absolute Gasteiger partial charge is 0.141 e. The fraction of sp³-hybridized carbons (Fsp3) is 0.467. The summed E-state index contributed by atoms with van der Waals surface area (Å²) >= 11 is 0. The molecule has 106 valence electrons. The highest BCUT2D eigenvalue weighted by Crippen LogP contribution is 2.41. The highest BCUT2D eigenvalue weighted by molar-refractivity contribution is 5.37. The Kier molecular flexibility index (Phi) is 3.69. The van der Waals surface area contributed by atoms with Crippen molar-refractivity contribution in [3.63, 3.8) is 0 Å². The maximum Gasteiger partial charge on any atom is 0.141 e. The number of benzene rings is 1. The molecule has 5 nitrogen and oxygen atoms in total. The zero-order valence-corrected chi connectivity index (χ0v) is 11.8. The Hall–Kier alpha value is -1.88. The van der Waals surface area contributed by atoms with Crippen LogP contribution in [0.1, 0.15) is 43.1 Å². The molecule has 0 amide bonds. The third-order valence-corrected chi connectivity index (χ3v) is 4.05. The Morgan fingerprint density at radius 3 is 2.85 bits per heavy atom. The molecule has 1 aromatic carbocycles. The summed E-state index contributed by atoms with van der Waals surface area (Å²) in [4.78, 5) is 4.18. The molecule has 0 bridgehead atoms. The molecule has 0 aliphatic heterocycles. The number of aromatic amines is 1. The van der Waals surface area contributed by atoms with E-state index >= 15 is 0 Å². The Morgan fingerprint density at radius 2 is 2.15 bits per heavy atom. The highest BCUT2D eigenvalue weighted by atomic mass is 16.5. The van der Waals surface area contributed by atoms with E-state index in [0.717, 1.165) is 24.4 Å². The zero-order chi connectivity index (χ0) is 13.9. The van der Waals surface area contributed by atoms with E-state index in [1.54, 1.807) is 13.4 Å². The summed E-state index contributed by atoms with van der Waals surface area (Å²) in [6.07, 6.45) is 3.82. The predicted octanol–water partition coefficient (Wildman–Crippen LogP) is 2.41. The number of nitrogens with one attached hydrogen (secondary N) is 2. The molecule has 1 saturated carbocycles. The van der Waals surface area contributed by atoms with Gasteiger partial charge < -0.3 is 10.1 Å². The third-order valence-electron chi connectivity index (χ3n) is 4.05. The number of para-hydroxylation sites is 1. The summed E-state index contributed by atoms with van der Waals surface area (Å²) in [7, 11) is 1.74. The molecule has 2 aromatic rings. The third kappa shape index (κ3) is 2.54. The number of nitrogens with zero attached hydrogens (tertiary/aromatic N) is 2. The first-order valence-electron chi connectivity index (χ1n) is 7.02. The molecule has 2 N–H and O–H groups in total. The normalized spacial score (nSPS) is 23.1. The number of ether oxygens (including phenoxy) is 1. The molecule has 5 heteroatoms. The van der Waals surface area contributed by atoms with Crippen LogP contribution in [0.2, 0.25) is 0 Å². The van der Waals surface area contributed by atoms with Gasteiger partial charge in [0.05, 0.1) is 13.2 Å².